The molecular weight excluding hydrogens is 426 g/mol. The molecule has 1 aromatic carbocycles. The number of amides is 1. The van der Waals surface area contributed by atoms with E-state index in [4.69, 9.17) is 4.74 Å². The van der Waals surface area contributed by atoms with Gasteiger partial charge in [-0.1, -0.05) is 6.07 Å². The molecule has 2 aromatic rings. The van der Waals surface area contributed by atoms with Gasteiger partial charge in [-0.2, -0.15) is 4.31 Å². The maximum Gasteiger partial charge on any atom is 0.311 e. The lowest BCUT2D eigenvalue weighted by atomic mass is 10.1. The summed E-state index contributed by atoms with van der Waals surface area (Å²) in [5, 5.41) is 13.6. The second-order valence-corrected chi connectivity index (χ2v) is 8.88. The Labute approximate surface area is 179 Å². The Morgan fingerprint density at radius 3 is 2.58 bits per heavy atom. The highest BCUT2D eigenvalue weighted by atomic mass is 32.2. The molecule has 31 heavy (non-hydrogen) atoms. The molecule has 1 fully saturated rings. The lowest BCUT2D eigenvalue weighted by molar-refractivity contribution is -0.385. The first-order valence-corrected chi connectivity index (χ1v) is 11.2. The number of aromatic nitrogens is 1. The van der Waals surface area contributed by atoms with E-state index in [1.807, 2.05) is 23.1 Å². The van der Waals surface area contributed by atoms with Crippen molar-refractivity contribution in [3.8, 4) is 5.75 Å². The predicted molar refractivity (Wildman–Crippen MR) is 114 cm³/mol. The van der Waals surface area contributed by atoms with Gasteiger partial charge in [0.1, 0.15) is 5.82 Å². The van der Waals surface area contributed by atoms with E-state index < -0.39 is 20.9 Å². The highest BCUT2D eigenvalue weighted by Crippen LogP contribution is 2.27. The van der Waals surface area contributed by atoms with Gasteiger partial charge in [0.2, 0.25) is 10.0 Å². The van der Waals surface area contributed by atoms with Crippen molar-refractivity contribution in [3.63, 3.8) is 0 Å². The molecule has 3 rings (SSSR count). The molecule has 12 heteroatoms. The number of methoxy groups -OCH3 is 1. The molecule has 1 amide bonds. The van der Waals surface area contributed by atoms with Gasteiger partial charge in [0, 0.05) is 50.6 Å². The van der Waals surface area contributed by atoms with E-state index >= 15 is 0 Å². The fourth-order valence-electron chi connectivity index (χ4n) is 3.23. The van der Waals surface area contributed by atoms with E-state index in [0.717, 1.165) is 11.9 Å². The van der Waals surface area contributed by atoms with Crippen LogP contribution in [0.2, 0.25) is 0 Å². The summed E-state index contributed by atoms with van der Waals surface area (Å²) in [6.07, 6.45) is 1.69. The Morgan fingerprint density at radius 1 is 1.23 bits per heavy atom. The highest BCUT2D eigenvalue weighted by Gasteiger charge is 2.27. The maximum absolute atomic E-state index is 12.6. The summed E-state index contributed by atoms with van der Waals surface area (Å²) in [6.45, 7) is 1.60. The molecule has 0 radical (unpaired) electrons. The average molecular weight is 449 g/mol. The zero-order valence-corrected chi connectivity index (χ0v) is 17.7. The van der Waals surface area contributed by atoms with Gasteiger partial charge in [-0.15, -0.1) is 0 Å². The number of nitrogens with one attached hydrogen (secondary N) is 1. The number of anilines is 1. The minimum atomic E-state index is -3.56. The third-order valence-corrected chi connectivity index (χ3v) is 6.76. The molecule has 0 spiro atoms. The van der Waals surface area contributed by atoms with Crippen molar-refractivity contribution < 1.29 is 22.9 Å². The number of carbonyl (C=O) groups is 1. The largest absolute Gasteiger partial charge is 0.490 e. The molecule has 0 saturated carbocycles. The predicted octanol–water partition coefficient (Wildman–Crippen LogP) is 0.880. The van der Waals surface area contributed by atoms with Gasteiger partial charge in [0.05, 0.1) is 17.8 Å². The fourth-order valence-corrected chi connectivity index (χ4v) is 4.57. The van der Waals surface area contributed by atoms with Gasteiger partial charge in [-0.25, -0.2) is 13.4 Å². The van der Waals surface area contributed by atoms with Crippen molar-refractivity contribution in [3.05, 3.63) is 58.3 Å². The Hall–Kier alpha value is -3.25. The molecule has 1 aliphatic heterocycles. The van der Waals surface area contributed by atoms with Gasteiger partial charge < -0.3 is 15.0 Å². The quantitative estimate of drug-likeness (QED) is 0.463. The highest BCUT2D eigenvalue weighted by molar-refractivity contribution is 7.89. The first-order chi connectivity index (χ1) is 14.8. The molecule has 0 atom stereocenters. The summed E-state index contributed by atoms with van der Waals surface area (Å²) in [4.78, 5) is 29.0. The lowest BCUT2D eigenvalue weighted by Crippen LogP contribution is -2.50. The standard InChI is InChI=1S/C19H23N5O6S/c1-30-17-6-5-15(14-16(17)24(26)27)19(25)21-8-13-31(28,29)23-11-9-22(10-12-23)18-4-2-3-7-20-18/h2-7,14H,8-13H2,1H3,(H,21,25). The smallest absolute Gasteiger partial charge is 0.311 e. The number of piperazine rings is 1. The van der Waals surface area contributed by atoms with Crippen molar-refractivity contribution in [2.24, 2.45) is 0 Å². The molecule has 11 nitrogen and oxygen atoms in total. The zero-order valence-electron chi connectivity index (χ0n) is 16.9. The minimum absolute atomic E-state index is 0.0361. The minimum Gasteiger partial charge on any atom is -0.490 e. The molecule has 1 aromatic heterocycles. The van der Waals surface area contributed by atoms with Crippen molar-refractivity contribution in [1.29, 1.82) is 0 Å². The van der Waals surface area contributed by atoms with E-state index in [2.05, 4.69) is 10.3 Å². The molecule has 0 unspecified atom stereocenters. The number of rotatable bonds is 8. The third kappa shape index (κ3) is 5.47. The number of benzene rings is 1. The number of carbonyl (C=O) groups excluding carboxylic acids is 1. The van der Waals surface area contributed by atoms with Crippen LogP contribution in [0.5, 0.6) is 5.75 Å². The topological polar surface area (TPSA) is 135 Å². The number of pyridine rings is 1. The van der Waals surface area contributed by atoms with E-state index in [1.54, 1.807) is 6.20 Å². The van der Waals surface area contributed by atoms with Crippen molar-refractivity contribution in [2.45, 2.75) is 0 Å². The van der Waals surface area contributed by atoms with Crippen LogP contribution >= 0.6 is 0 Å². The second-order valence-electron chi connectivity index (χ2n) is 6.79. The van der Waals surface area contributed by atoms with Crippen molar-refractivity contribution in [2.75, 3.05) is 50.5 Å². The van der Waals surface area contributed by atoms with Crippen molar-refractivity contribution in [1.82, 2.24) is 14.6 Å². The van der Waals surface area contributed by atoms with Crippen LogP contribution in [0.15, 0.2) is 42.6 Å². The van der Waals surface area contributed by atoms with Gasteiger partial charge in [-0.3, -0.25) is 14.9 Å². The molecule has 0 aliphatic carbocycles. The fraction of sp³-hybridized carbons (Fsp3) is 0.368. The van der Waals surface area contributed by atoms with Crippen LogP contribution in [0.25, 0.3) is 0 Å². The van der Waals surface area contributed by atoms with Crippen molar-refractivity contribution >= 4 is 27.4 Å². The van der Waals surface area contributed by atoms with E-state index in [0.29, 0.717) is 26.2 Å². The first-order valence-electron chi connectivity index (χ1n) is 9.56. The number of ether oxygens (including phenoxy) is 1. The van der Waals surface area contributed by atoms with Gasteiger partial charge in [0.15, 0.2) is 5.75 Å². The molecule has 1 N–H and O–H groups in total. The number of nitrogens with zero attached hydrogens (tertiary/aromatic N) is 4. The van der Waals surface area contributed by atoms with Crippen LogP contribution in [0.1, 0.15) is 10.4 Å². The second kappa shape index (κ2) is 9.71. The molecular formula is C19H23N5O6S. The van der Waals surface area contributed by atoms with Gasteiger partial charge in [-0.05, 0) is 24.3 Å². The summed E-state index contributed by atoms with van der Waals surface area (Å²) in [6, 6.07) is 9.38. The van der Waals surface area contributed by atoms with E-state index in [1.165, 1.54) is 23.5 Å². The zero-order chi connectivity index (χ0) is 22.4. The summed E-state index contributed by atoms with van der Waals surface area (Å²) >= 11 is 0. The van der Waals surface area contributed by atoms with Crippen LogP contribution in [-0.2, 0) is 10.0 Å². The average Bonchev–Trinajstić information content (AvgIpc) is 2.79. The Balaban J connectivity index is 1.52. The Morgan fingerprint density at radius 2 is 1.97 bits per heavy atom. The Bertz CT molecular complexity index is 1040. The normalized spacial score (nSPS) is 14.8. The molecule has 1 aliphatic rings. The number of sulfonamides is 1. The van der Waals surface area contributed by atoms with Crippen LogP contribution < -0.4 is 15.0 Å². The molecule has 166 valence electrons. The Kier molecular flexibility index (Phi) is 7.02. The summed E-state index contributed by atoms with van der Waals surface area (Å²) in [5.74, 6) is -0.0177. The van der Waals surface area contributed by atoms with Crippen LogP contribution in [0.4, 0.5) is 11.5 Å². The number of hydrogen-bond acceptors (Lipinski definition) is 8. The van der Waals surface area contributed by atoms with E-state index in [-0.39, 0.29) is 29.3 Å². The molecule has 2 heterocycles. The first kappa shape index (κ1) is 22.4. The molecule has 0 bridgehead atoms. The number of nitro groups is 1. The van der Waals surface area contributed by atoms with Crippen LogP contribution in [-0.4, -0.2) is 74.1 Å². The van der Waals surface area contributed by atoms with Crippen LogP contribution in [0.3, 0.4) is 0 Å². The molecule has 1 saturated heterocycles. The van der Waals surface area contributed by atoms with E-state index in [9.17, 15) is 23.3 Å². The van der Waals surface area contributed by atoms with Gasteiger partial charge in [0.25, 0.3) is 5.91 Å². The number of hydrogen-bond donors (Lipinski definition) is 1. The summed E-state index contributed by atoms with van der Waals surface area (Å²) in [7, 11) is -2.26. The van der Waals surface area contributed by atoms with Crippen LogP contribution in [0, 0.1) is 10.1 Å². The van der Waals surface area contributed by atoms with Gasteiger partial charge >= 0.3 is 5.69 Å². The SMILES string of the molecule is COc1ccc(C(=O)NCCS(=O)(=O)N2CCN(c3ccccn3)CC2)cc1[N+](=O)[O-]. The summed E-state index contributed by atoms with van der Waals surface area (Å²) < 4.78 is 31.5. The maximum atomic E-state index is 12.6. The summed E-state index contributed by atoms with van der Waals surface area (Å²) in [5.41, 5.74) is -0.289. The lowest BCUT2D eigenvalue weighted by Gasteiger charge is -2.34. The monoisotopic (exact) mass is 449 g/mol. The third-order valence-electron chi connectivity index (χ3n) is 4.89. The number of nitro benzene ring substituents is 1.